The number of aromatic nitrogens is 9. The van der Waals surface area contributed by atoms with Crippen LogP contribution in [0.3, 0.4) is 0 Å². The van der Waals surface area contributed by atoms with Crippen LogP contribution in [0, 0.1) is 11.8 Å². The lowest BCUT2D eigenvalue weighted by atomic mass is 9.81. The van der Waals surface area contributed by atoms with E-state index in [1.807, 2.05) is 68.6 Å². The van der Waals surface area contributed by atoms with Crippen molar-refractivity contribution in [2.75, 3.05) is 62.4 Å². The number of benzene rings is 1. The molecule has 368 valence electrons. The number of ether oxygens (including phenoxy) is 4. The molecule has 0 radical (unpaired) electrons. The summed E-state index contributed by atoms with van der Waals surface area (Å²) in [5.74, 6) is -0.457. The van der Waals surface area contributed by atoms with E-state index in [1.165, 1.54) is 0 Å². The van der Waals surface area contributed by atoms with E-state index in [0.29, 0.717) is 85.2 Å². The molecule has 2 aliphatic carbocycles. The number of aryl methyl sites for hydroxylation is 2. The molecule has 17 nitrogen and oxygen atoms in total. The first kappa shape index (κ1) is 48.8. The number of hydrogen-bond acceptors (Lipinski definition) is 15. The van der Waals surface area contributed by atoms with E-state index in [1.54, 1.807) is 60.6 Å². The second kappa shape index (κ2) is 20.5. The van der Waals surface area contributed by atoms with Crippen LogP contribution in [0.1, 0.15) is 51.4 Å². The molecule has 2 fully saturated rings. The van der Waals surface area contributed by atoms with Crippen LogP contribution in [0.2, 0.25) is 5.28 Å². The van der Waals surface area contributed by atoms with E-state index >= 15 is 0 Å². The summed E-state index contributed by atoms with van der Waals surface area (Å²) in [5.41, 5.74) is 10.5. The third kappa shape index (κ3) is 11.5. The Kier molecular flexibility index (Phi) is 14.5. The quantitative estimate of drug-likeness (QED) is 0.109. The second-order valence-electron chi connectivity index (χ2n) is 17.7. The minimum absolute atomic E-state index is 0.00482. The Hall–Kier alpha value is -6.64. The van der Waals surface area contributed by atoms with Crippen LogP contribution in [-0.2, 0) is 14.1 Å². The van der Waals surface area contributed by atoms with Crippen molar-refractivity contribution in [1.29, 1.82) is 0 Å². The molecule has 4 aliphatic rings. The van der Waals surface area contributed by atoms with E-state index in [-0.39, 0.29) is 54.9 Å². The zero-order valence-electron chi connectivity index (χ0n) is 39.3. The van der Waals surface area contributed by atoms with Gasteiger partial charge < -0.3 is 39.8 Å². The Morgan fingerprint density at radius 1 is 0.681 bits per heavy atom. The number of nitrogens with two attached hydrogens (primary N) is 1. The molecule has 0 saturated heterocycles. The highest BCUT2D eigenvalue weighted by Gasteiger charge is 2.42. The second-order valence-corrected chi connectivity index (χ2v) is 18.1. The van der Waals surface area contributed by atoms with Gasteiger partial charge in [0.15, 0.2) is 23.1 Å². The zero-order valence-corrected chi connectivity index (χ0v) is 40.0. The van der Waals surface area contributed by atoms with E-state index in [0.717, 1.165) is 28.1 Å². The van der Waals surface area contributed by atoms with Crippen LogP contribution < -0.4 is 39.8 Å². The van der Waals surface area contributed by atoms with Gasteiger partial charge in [-0.1, -0.05) is 0 Å². The molecule has 3 N–H and O–H groups in total. The molecule has 2 aliphatic heterocycles. The molecule has 1 aromatic carbocycles. The third-order valence-corrected chi connectivity index (χ3v) is 13.3. The van der Waals surface area contributed by atoms with Gasteiger partial charge in [-0.15, -0.1) is 0 Å². The van der Waals surface area contributed by atoms with Crippen LogP contribution in [0.25, 0.3) is 22.4 Å². The maximum absolute atomic E-state index is 13.6. The van der Waals surface area contributed by atoms with Crippen molar-refractivity contribution in [2.24, 2.45) is 25.9 Å². The molecule has 2 saturated carbocycles. The summed E-state index contributed by atoms with van der Waals surface area (Å²) in [6.45, 7) is 0.924. The summed E-state index contributed by atoms with van der Waals surface area (Å²) in [5, 5.41) is 11.7. The molecule has 22 heteroatoms. The van der Waals surface area contributed by atoms with Gasteiger partial charge in [-0.3, -0.25) is 14.3 Å². The molecule has 0 bridgehead atoms. The highest BCUT2D eigenvalue weighted by atomic mass is 35.5. The van der Waals surface area contributed by atoms with Crippen LogP contribution >= 0.6 is 11.6 Å². The number of nitrogen functional groups attached to an aromatic ring is 1. The first-order chi connectivity index (χ1) is 33.0. The summed E-state index contributed by atoms with van der Waals surface area (Å²) in [4.78, 5) is 25.4. The van der Waals surface area contributed by atoms with Gasteiger partial charge in [0.2, 0.25) is 23.1 Å². The predicted molar refractivity (Wildman–Crippen MR) is 254 cm³/mol. The fourth-order valence-corrected chi connectivity index (χ4v) is 9.36. The molecule has 5 aromatic heterocycles. The number of pyridine rings is 1. The Balaban J connectivity index is 0.000000155. The highest BCUT2D eigenvalue weighted by Crippen LogP contribution is 2.44. The van der Waals surface area contributed by atoms with Crippen molar-refractivity contribution in [3.8, 4) is 45.4 Å². The normalized spacial score (nSPS) is 19.6. The number of anilines is 5. The third-order valence-electron chi connectivity index (χ3n) is 13.1. The summed E-state index contributed by atoms with van der Waals surface area (Å²) in [7, 11) is 10.8. The number of hydrogen-bond donors (Lipinski definition) is 2. The number of nitrogens with one attached hydrogen (secondary N) is 1. The average Bonchev–Trinajstić information content (AvgIpc) is 3.98. The van der Waals surface area contributed by atoms with Crippen LogP contribution in [0.5, 0.6) is 23.0 Å². The standard InChI is InChI=1S/C24H28F2N6O2.C13H16ClF2N3O.C10H12N4O/c1-31-13-16(11-28-31)18-5-4-17(10-20(18)33-3)29-23-27-12-21-22(30-23)32(2)19(14-34-21)15-6-8-24(25,26)9-7-15;1-19-9(8-2-4-13(15,16)5-3-8)7-20-10-6-17-12(14)18-11(10)19;1-14-6-7(4-13-14)10-9(15-2)3-8(11)5-12-10/h4-5,10-13,15,19H,6-9,14H2,1-3H3,(H,27,29,30);6,8-9H,2-5,7H2,1H3;3-6H,11H2,1-2H3. The Morgan fingerprint density at radius 2 is 1.22 bits per heavy atom. The maximum atomic E-state index is 13.6. The van der Waals surface area contributed by atoms with Crippen molar-refractivity contribution in [3.05, 3.63) is 72.9 Å². The lowest BCUT2D eigenvalue weighted by Crippen LogP contribution is -2.47. The highest BCUT2D eigenvalue weighted by molar-refractivity contribution is 6.28. The first-order valence-corrected chi connectivity index (χ1v) is 23.0. The van der Waals surface area contributed by atoms with Gasteiger partial charge in [-0.2, -0.15) is 20.2 Å². The van der Waals surface area contributed by atoms with Gasteiger partial charge in [0.25, 0.3) is 0 Å². The van der Waals surface area contributed by atoms with Gasteiger partial charge >= 0.3 is 0 Å². The molecule has 6 aromatic rings. The summed E-state index contributed by atoms with van der Waals surface area (Å²) in [6.07, 6.45) is 13.9. The Bertz CT molecular complexity index is 2710. The molecule has 0 spiro atoms. The molecular formula is C47H56ClF4N13O4. The van der Waals surface area contributed by atoms with Gasteiger partial charge in [0.1, 0.15) is 30.4 Å². The number of nitrogens with zero attached hydrogens (tertiary/aromatic N) is 11. The average molecular weight is 978 g/mol. The largest absolute Gasteiger partial charge is 0.496 e. The van der Waals surface area contributed by atoms with Crippen LogP contribution in [0.15, 0.2) is 67.6 Å². The summed E-state index contributed by atoms with van der Waals surface area (Å²) in [6, 6.07) is 7.58. The first-order valence-electron chi connectivity index (χ1n) is 22.6. The summed E-state index contributed by atoms with van der Waals surface area (Å²) >= 11 is 5.81. The van der Waals surface area contributed by atoms with E-state index in [9.17, 15) is 17.6 Å². The maximum Gasteiger partial charge on any atom is 0.248 e. The fourth-order valence-electron chi connectivity index (χ4n) is 9.23. The molecule has 2 unspecified atom stereocenters. The van der Waals surface area contributed by atoms with Crippen molar-refractivity contribution < 1.29 is 36.5 Å². The van der Waals surface area contributed by atoms with E-state index in [2.05, 4.69) is 40.4 Å². The number of likely N-dealkylation sites (N-methyl/N-ethyl adjacent to an activating group) is 2. The Labute approximate surface area is 402 Å². The van der Waals surface area contributed by atoms with Gasteiger partial charge in [-0.05, 0) is 61.3 Å². The molecule has 0 amide bonds. The number of rotatable bonds is 8. The lowest BCUT2D eigenvalue weighted by molar-refractivity contribution is -0.0506. The topological polar surface area (TPSA) is 182 Å². The van der Waals surface area contributed by atoms with Crippen LogP contribution in [-0.4, -0.2) is 110 Å². The molecule has 2 atom stereocenters. The van der Waals surface area contributed by atoms with Crippen molar-refractivity contribution in [3.63, 3.8) is 0 Å². The van der Waals surface area contributed by atoms with Gasteiger partial charge in [0, 0.05) is 101 Å². The Morgan fingerprint density at radius 3 is 1.75 bits per heavy atom. The van der Waals surface area contributed by atoms with Crippen molar-refractivity contribution in [2.45, 2.75) is 75.3 Å². The minimum Gasteiger partial charge on any atom is -0.496 e. The van der Waals surface area contributed by atoms with Crippen molar-refractivity contribution in [1.82, 2.24) is 44.5 Å². The monoisotopic (exact) mass is 977 g/mol. The number of halogens is 5. The van der Waals surface area contributed by atoms with Crippen LogP contribution in [0.4, 0.5) is 46.5 Å². The van der Waals surface area contributed by atoms with E-state index < -0.39 is 11.8 Å². The smallest absolute Gasteiger partial charge is 0.248 e. The zero-order chi connectivity index (χ0) is 49.0. The van der Waals surface area contributed by atoms with E-state index in [4.69, 9.17) is 36.3 Å². The molecular weight excluding hydrogens is 922 g/mol. The van der Waals surface area contributed by atoms with Gasteiger partial charge in [0.05, 0.1) is 63.0 Å². The number of fused-ring (bicyclic) bond motifs is 2. The minimum atomic E-state index is -2.55. The molecule has 69 heavy (non-hydrogen) atoms. The fraction of sp³-hybridized carbons (Fsp3) is 0.468. The van der Waals surface area contributed by atoms with Gasteiger partial charge in [-0.25, -0.2) is 27.5 Å². The number of alkyl halides is 4. The molecule has 7 heterocycles. The SMILES string of the molecule is CN1c2nc(Cl)ncc2OCC1C1CCC(F)(F)CC1.COc1cc(N)cnc1-c1cnn(C)c1.COc1cc(Nc2ncc3c(n2)N(C)C(C2CCC(F)(F)CC2)CO3)ccc1-c1cnn(C)c1. The lowest BCUT2D eigenvalue weighted by Gasteiger charge is -2.41. The summed E-state index contributed by atoms with van der Waals surface area (Å²) < 4.78 is 79.6. The predicted octanol–water partition coefficient (Wildman–Crippen LogP) is 8.88. The number of methoxy groups -OCH3 is 2. The molecule has 10 rings (SSSR count). The van der Waals surface area contributed by atoms with Crippen molar-refractivity contribution >= 4 is 40.6 Å².